The van der Waals surface area contributed by atoms with Crippen LogP contribution in [0, 0.1) is 18.3 Å². The monoisotopic (exact) mass is 378 g/mol. The van der Waals surface area contributed by atoms with Gasteiger partial charge in [0.15, 0.2) is 0 Å². The van der Waals surface area contributed by atoms with Gasteiger partial charge in [0.2, 0.25) is 5.95 Å². The summed E-state index contributed by atoms with van der Waals surface area (Å²) in [7, 11) is 0. The minimum atomic E-state index is -0.238. The Morgan fingerprint density at radius 2 is 2.14 bits per heavy atom. The largest absolute Gasteiger partial charge is 0.381 e. The molecule has 8 heteroatoms. The van der Waals surface area contributed by atoms with E-state index in [0.717, 1.165) is 24.1 Å². The molecule has 0 unspecified atom stereocenters. The van der Waals surface area contributed by atoms with Crippen LogP contribution in [0.2, 0.25) is 0 Å². The summed E-state index contributed by atoms with van der Waals surface area (Å²) in [5, 5.41) is 16.6. The molecule has 0 spiro atoms. The third-order valence-corrected chi connectivity index (χ3v) is 5.05. The molecule has 4 rings (SSSR count). The van der Waals surface area contributed by atoms with Crippen LogP contribution in [-0.4, -0.2) is 38.5 Å². The van der Waals surface area contributed by atoms with E-state index in [-0.39, 0.29) is 11.9 Å². The van der Waals surface area contributed by atoms with E-state index in [2.05, 4.69) is 21.5 Å². The van der Waals surface area contributed by atoms with Crippen molar-refractivity contribution in [2.75, 3.05) is 18.5 Å². The van der Waals surface area contributed by atoms with Crippen molar-refractivity contribution in [3.63, 3.8) is 0 Å². The molecule has 3 heterocycles. The lowest BCUT2D eigenvalue weighted by Crippen LogP contribution is -2.26. The van der Waals surface area contributed by atoms with E-state index < -0.39 is 0 Å². The smallest absolute Gasteiger partial charge is 0.276 e. The summed E-state index contributed by atoms with van der Waals surface area (Å²) in [5.41, 5.74) is 3.44. The summed E-state index contributed by atoms with van der Waals surface area (Å²) in [6.07, 6.45) is 1.68. The van der Waals surface area contributed by atoms with Crippen LogP contribution in [0.3, 0.4) is 0 Å². The highest BCUT2D eigenvalue weighted by atomic mass is 16.5. The summed E-state index contributed by atoms with van der Waals surface area (Å²) < 4.78 is 9.18. The summed E-state index contributed by atoms with van der Waals surface area (Å²) in [4.78, 5) is 17.6. The predicted molar refractivity (Wildman–Crippen MR) is 104 cm³/mol. The number of nitrogens with one attached hydrogen (secondary N) is 1. The highest BCUT2D eigenvalue weighted by Crippen LogP contribution is 2.25. The second-order valence-electron chi connectivity index (χ2n) is 6.91. The van der Waals surface area contributed by atoms with Crippen LogP contribution >= 0.6 is 0 Å². The molecule has 1 fully saturated rings. The molecule has 144 valence electrons. The third kappa shape index (κ3) is 3.25. The Kier molecular flexibility index (Phi) is 4.84. The first-order valence-electron chi connectivity index (χ1n) is 9.46. The molecule has 3 aromatic rings. The zero-order valence-electron chi connectivity index (χ0n) is 16.0. The number of ether oxygens (including phenoxy) is 1. The predicted octanol–water partition coefficient (Wildman–Crippen LogP) is 3.04. The van der Waals surface area contributed by atoms with Crippen LogP contribution in [0.1, 0.15) is 47.6 Å². The van der Waals surface area contributed by atoms with Crippen LogP contribution in [-0.2, 0) is 11.3 Å². The summed E-state index contributed by atoms with van der Waals surface area (Å²) in [6.45, 7) is 5.88. The van der Waals surface area contributed by atoms with E-state index >= 15 is 0 Å². The molecule has 0 radical (unpaired) electrons. The van der Waals surface area contributed by atoms with Gasteiger partial charge in [-0.05, 0) is 51.0 Å². The van der Waals surface area contributed by atoms with Gasteiger partial charge < -0.3 is 9.30 Å². The van der Waals surface area contributed by atoms with Crippen molar-refractivity contribution < 1.29 is 9.53 Å². The van der Waals surface area contributed by atoms with Gasteiger partial charge in [-0.25, -0.2) is 4.98 Å². The fraction of sp³-hybridized carbons (Fsp3) is 0.400. The Labute approximate surface area is 162 Å². The number of hydrogen-bond donors (Lipinski definition) is 1. The lowest BCUT2D eigenvalue weighted by molar-refractivity contribution is 0.0646. The Morgan fingerprint density at radius 1 is 1.36 bits per heavy atom. The zero-order valence-corrected chi connectivity index (χ0v) is 16.0. The highest BCUT2D eigenvalue weighted by molar-refractivity contribution is 6.03. The van der Waals surface area contributed by atoms with Gasteiger partial charge in [0.05, 0.1) is 34.4 Å². The van der Waals surface area contributed by atoms with Crippen molar-refractivity contribution in [3.05, 3.63) is 41.2 Å². The molecule has 1 aromatic carbocycles. The van der Waals surface area contributed by atoms with Crippen molar-refractivity contribution in [2.24, 2.45) is 0 Å². The van der Waals surface area contributed by atoms with Gasteiger partial charge in [-0.2, -0.15) is 10.4 Å². The van der Waals surface area contributed by atoms with Gasteiger partial charge in [-0.1, -0.05) is 0 Å². The number of carbonyl (C=O) groups is 1. The van der Waals surface area contributed by atoms with Crippen molar-refractivity contribution in [1.82, 2.24) is 19.3 Å². The van der Waals surface area contributed by atoms with E-state index in [4.69, 9.17) is 10.00 Å². The van der Waals surface area contributed by atoms with Gasteiger partial charge in [-0.15, -0.1) is 0 Å². The molecule has 2 aromatic heterocycles. The quantitative estimate of drug-likeness (QED) is 0.752. The number of nitriles is 1. The first-order chi connectivity index (χ1) is 13.6. The summed E-state index contributed by atoms with van der Waals surface area (Å²) in [6, 6.07) is 9.43. The number of aromatic nitrogens is 4. The number of benzene rings is 1. The fourth-order valence-corrected chi connectivity index (χ4v) is 3.67. The van der Waals surface area contributed by atoms with Crippen LogP contribution in [0.4, 0.5) is 5.95 Å². The number of carbonyl (C=O) groups excluding carboxylic acids is 1. The first-order valence-corrected chi connectivity index (χ1v) is 9.46. The van der Waals surface area contributed by atoms with E-state index in [1.807, 2.05) is 29.2 Å². The molecule has 1 aliphatic heterocycles. The molecule has 0 bridgehead atoms. The number of rotatable bonds is 4. The van der Waals surface area contributed by atoms with Gasteiger partial charge in [-0.3, -0.25) is 14.8 Å². The number of fused-ring (bicyclic) bond motifs is 1. The number of aryl methyl sites for hydroxylation is 2. The average molecular weight is 378 g/mol. The SMILES string of the molecule is CCn1c(NC(=O)c2cc(C)nn2C2CCOCC2)nc2cc(C#N)ccc21. The van der Waals surface area contributed by atoms with Gasteiger partial charge in [0.1, 0.15) is 5.69 Å². The van der Waals surface area contributed by atoms with E-state index in [1.165, 1.54) is 0 Å². The third-order valence-electron chi connectivity index (χ3n) is 5.05. The standard InChI is InChI=1S/C20H22N6O2/c1-3-25-17-5-4-14(12-21)11-16(17)22-20(25)23-19(27)18-10-13(2)24-26(18)15-6-8-28-9-7-15/h4-5,10-11,15H,3,6-9H2,1-2H3,(H,22,23,27). The maximum atomic E-state index is 13.1. The Bertz CT molecular complexity index is 1070. The molecule has 0 atom stereocenters. The van der Waals surface area contributed by atoms with Crippen molar-refractivity contribution >= 4 is 22.9 Å². The van der Waals surface area contributed by atoms with Crippen molar-refractivity contribution in [1.29, 1.82) is 5.26 Å². The zero-order chi connectivity index (χ0) is 19.7. The lowest BCUT2D eigenvalue weighted by Gasteiger charge is -2.24. The summed E-state index contributed by atoms with van der Waals surface area (Å²) >= 11 is 0. The van der Waals surface area contributed by atoms with Crippen molar-refractivity contribution in [2.45, 2.75) is 39.3 Å². The molecular weight excluding hydrogens is 356 g/mol. The normalized spacial score (nSPS) is 14.9. The number of amides is 1. The lowest BCUT2D eigenvalue weighted by atomic mass is 10.1. The Morgan fingerprint density at radius 3 is 2.86 bits per heavy atom. The van der Waals surface area contributed by atoms with Crippen LogP contribution in [0.15, 0.2) is 24.3 Å². The molecule has 8 nitrogen and oxygen atoms in total. The molecule has 0 saturated carbocycles. The van der Waals surface area contributed by atoms with Crippen LogP contribution < -0.4 is 5.32 Å². The second kappa shape index (κ2) is 7.44. The maximum absolute atomic E-state index is 13.1. The maximum Gasteiger partial charge on any atom is 0.276 e. The van der Waals surface area contributed by atoms with Crippen LogP contribution in [0.25, 0.3) is 11.0 Å². The van der Waals surface area contributed by atoms with Crippen LogP contribution in [0.5, 0.6) is 0 Å². The highest BCUT2D eigenvalue weighted by Gasteiger charge is 2.24. The Hall–Kier alpha value is -3.18. The number of hydrogen-bond acceptors (Lipinski definition) is 5. The molecular formula is C20H22N6O2. The number of anilines is 1. The van der Waals surface area contributed by atoms with Gasteiger partial charge >= 0.3 is 0 Å². The van der Waals surface area contributed by atoms with Gasteiger partial charge in [0, 0.05) is 19.8 Å². The minimum Gasteiger partial charge on any atom is -0.381 e. The van der Waals surface area contributed by atoms with E-state index in [9.17, 15) is 4.79 Å². The number of nitrogens with zero attached hydrogens (tertiary/aromatic N) is 5. The molecule has 1 amide bonds. The van der Waals surface area contributed by atoms with E-state index in [1.54, 1.807) is 18.2 Å². The average Bonchev–Trinajstić information content (AvgIpc) is 3.27. The number of imidazole rings is 1. The Balaban J connectivity index is 1.66. The summed E-state index contributed by atoms with van der Waals surface area (Å²) in [5.74, 6) is 0.229. The second-order valence-corrected chi connectivity index (χ2v) is 6.91. The van der Waals surface area contributed by atoms with Crippen molar-refractivity contribution in [3.8, 4) is 6.07 Å². The van der Waals surface area contributed by atoms with E-state index in [0.29, 0.717) is 42.5 Å². The molecule has 1 saturated heterocycles. The molecule has 0 aliphatic carbocycles. The molecule has 1 aliphatic rings. The minimum absolute atomic E-state index is 0.159. The molecule has 28 heavy (non-hydrogen) atoms. The topological polar surface area (TPSA) is 97.8 Å². The van der Waals surface area contributed by atoms with Gasteiger partial charge in [0.25, 0.3) is 5.91 Å². The molecule has 1 N–H and O–H groups in total. The fourth-order valence-electron chi connectivity index (χ4n) is 3.67. The first kappa shape index (κ1) is 18.2.